The fourth-order valence-corrected chi connectivity index (χ4v) is 7.19. The summed E-state index contributed by atoms with van der Waals surface area (Å²) in [5.41, 5.74) is 1.77. The number of hydrogen-bond donors (Lipinski definition) is 1. The number of carbonyl (C=O) groups is 2. The van der Waals surface area contributed by atoms with Crippen molar-refractivity contribution in [3.8, 4) is 16.9 Å². The predicted molar refractivity (Wildman–Crippen MR) is 149 cm³/mol. The zero-order chi connectivity index (χ0) is 27.4. The number of benzene rings is 2. The van der Waals surface area contributed by atoms with Crippen LogP contribution in [0.4, 0.5) is 0 Å². The molecule has 0 bridgehead atoms. The molecule has 0 aromatic heterocycles. The van der Waals surface area contributed by atoms with Gasteiger partial charge in [-0.1, -0.05) is 24.3 Å². The number of sulfonamides is 1. The van der Waals surface area contributed by atoms with Crippen molar-refractivity contribution >= 4 is 21.8 Å². The number of rotatable bonds is 9. The maximum Gasteiger partial charge on any atom is 0.242 e. The van der Waals surface area contributed by atoms with E-state index in [1.165, 1.54) is 17.7 Å². The van der Waals surface area contributed by atoms with Gasteiger partial charge in [-0.3, -0.25) is 9.59 Å². The summed E-state index contributed by atoms with van der Waals surface area (Å²) in [7, 11) is -2.32. The summed E-state index contributed by atoms with van der Waals surface area (Å²) >= 11 is 0. The average Bonchev–Trinajstić information content (AvgIpc) is 3.64. The second-order valence-corrected chi connectivity index (χ2v) is 12.4. The first kappa shape index (κ1) is 27.6. The van der Waals surface area contributed by atoms with E-state index in [4.69, 9.17) is 4.74 Å². The Bertz CT molecular complexity index is 1280. The van der Waals surface area contributed by atoms with Gasteiger partial charge in [0.05, 0.1) is 18.6 Å². The van der Waals surface area contributed by atoms with Crippen LogP contribution in [0.15, 0.2) is 53.4 Å². The molecule has 3 aliphatic heterocycles. The largest absolute Gasteiger partial charge is 0.497 e. The molecule has 0 aliphatic carbocycles. The first-order valence-corrected chi connectivity index (χ1v) is 15.4. The van der Waals surface area contributed by atoms with E-state index in [2.05, 4.69) is 9.62 Å². The number of methoxy groups -OCH3 is 1. The van der Waals surface area contributed by atoms with E-state index in [0.717, 1.165) is 55.9 Å². The lowest BCUT2D eigenvalue weighted by Gasteiger charge is -2.34. The van der Waals surface area contributed by atoms with Gasteiger partial charge < -0.3 is 19.4 Å². The molecule has 0 radical (unpaired) electrons. The fourth-order valence-electron chi connectivity index (χ4n) is 5.96. The summed E-state index contributed by atoms with van der Waals surface area (Å²) in [4.78, 5) is 32.4. The monoisotopic (exact) mass is 554 g/mol. The molecule has 3 heterocycles. The summed E-state index contributed by atoms with van der Waals surface area (Å²) in [6.07, 6.45) is 5.45. The maximum absolute atomic E-state index is 13.3. The van der Waals surface area contributed by atoms with Crippen molar-refractivity contribution in [1.82, 2.24) is 19.4 Å². The molecular formula is C29H38N4O5S. The normalized spacial score (nSPS) is 22.4. The topological polar surface area (TPSA) is 99.3 Å². The lowest BCUT2D eigenvalue weighted by Crippen LogP contribution is -2.55. The molecule has 3 saturated heterocycles. The molecule has 210 valence electrons. The summed E-state index contributed by atoms with van der Waals surface area (Å²) < 4.78 is 34.2. The highest BCUT2D eigenvalue weighted by molar-refractivity contribution is 7.89. The Morgan fingerprint density at radius 2 is 1.69 bits per heavy atom. The molecule has 9 nitrogen and oxygen atoms in total. The van der Waals surface area contributed by atoms with Crippen LogP contribution < -0.4 is 9.46 Å². The van der Waals surface area contributed by atoms with E-state index in [1.807, 2.05) is 29.2 Å². The molecule has 39 heavy (non-hydrogen) atoms. The quantitative estimate of drug-likeness (QED) is 0.512. The minimum Gasteiger partial charge on any atom is -0.497 e. The lowest BCUT2D eigenvalue weighted by molar-refractivity contribution is -0.143. The van der Waals surface area contributed by atoms with E-state index in [1.54, 1.807) is 31.4 Å². The number of amides is 2. The third kappa shape index (κ3) is 6.45. The van der Waals surface area contributed by atoms with Crippen LogP contribution in [0.5, 0.6) is 5.75 Å². The van der Waals surface area contributed by atoms with Crippen LogP contribution in [0, 0.1) is 0 Å². The second-order valence-electron chi connectivity index (χ2n) is 10.7. The van der Waals surface area contributed by atoms with Crippen LogP contribution in [0.25, 0.3) is 11.1 Å². The Kier molecular flexibility index (Phi) is 8.54. The minimum atomic E-state index is -3.92. The molecule has 0 spiro atoms. The van der Waals surface area contributed by atoms with Gasteiger partial charge in [-0.15, -0.1) is 0 Å². The molecular weight excluding hydrogens is 516 g/mol. The Hall–Kier alpha value is -2.95. The van der Waals surface area contributed by atoms with Gasteiger partial charge in [0.2, 0.25) is 21.8 Å². The smallest absolute Gasteiger partial charge is 0.242 e. The van der Waals surface area contributed by atoms with Gasteiger partial charge in [0.25, 0.3) is 0 Å². The highest BCUT2D eigenvalue weighted by atomic mass is 32.2. The highest BCUT2D eigenvalue weighted by Crippen LogP contribution is 2.26. The molecule has 10 heteroatoms. The molecule has 1 N–H and O–H groups in total. The molecule has 0 unspecified atom stereocenters. The van der Waals surface area contributed by atoms with E-state index in [9.17, 15) is 18.0 Å². The average molecular weight is 555 g/mol. The van der Waals surface area contributed by atoms with Crippen LogP contribution >= 0.6 is 0 Å². The van der Waals surface area contributed by atoms with Crippen molar-refractivity contribution in [2.45, 2.75) is 55.5 Å². The zero-order valence-corrected chi connectivity index (χ0v) is 23.4. The molecule has 3 aliphatic rings. The van der Waals surface area contributed by atoms with E-state index in [-0.39, 0.29) is 29.3 Å². The molecule has 2 amide bonds. The Labute approximate surface area is 231 Å². The Morgan fingerprint density at radius 1 is 0.949 bits per heavy atom. The first-order chi connectivity index (χ1) is 18.8. The van der Waals surface area contributed by atoms with Crippen molar-refractivity contribution in [3.05, 3.63) is 48.5 Å². The summed E-state index contributed by atoms with van der Waals surface area (Å²) in [5.74, 6) is 0.347. The van der Waals surface area contributed by atoms with E-state index >= 15 is 0 Å². The third-order valence-corrected chi connectivity index (χ3v) is 9.57. The predicted octanol–water partition coefficient (Wildman–Crippen LogP) is 2.72. The van der Waals surface area contributed by atoms with E-state index in [0.29, 0.717) is 19.4 Å². The van der Waals surface area contributed by atoms with Crippen LogP contribution in [0.3, 0.4) is 0 Å². The van der Waals surface area contributed by atoms with Gasteiger partial charge in [0.1, 0.15) is 11.8 Å². The van der Waals surface area contributed by atoms with Gasteiger partial charge in [0.15, 0.2) is 0 Å². The van der Waals surface area contributed by atoms with Crippen molar-refractivity contribution in [2.24, 2.45) is 0 Å². The van der Waals surface area contributed by atoms with Crippen LogP contribution in [-0.2, 0) is 19.6 Å². The number of piperidine rings is 1. The first-order valence-electron chi connectivity index (χ1n) is 13.9. The second kappa shape index (κ2) is 12.1. The van der Waals surface area contributed by atoms with Gasteiger partial charge >= 0.3 is 0 Å². The lowest BCUT2D eigenvalue weighted by atomic mass is 10.1. The summed E-state index contributed by atoms with van der Waals surface area (Å²) in [6.45, 7) is 4.27. The minimum absolute atomic E-state index is 0.00277. The fraction of sp³-hybridized carbons (Fsp3) is 0.517. The summed E-state index contributed by atoms with van der Waals surface area (Å²) in [5, 5.41) is 0. The van der Waals surface area contributed by atoms with Crippen LogP contribution in [-0.4, -0.2) is 93.4 Å². The van der Waals surface area contributed by atoms with Crippen molar-refractivity contribution in [2.75, 3.05) is 46.4 Å². The summed E-state index contributed by atoms with van der Waals surface area (Å²) in [6, 6.07) is 13.4. The zero-order valence-electron chi connectivity index (χ0n) is 22.5. The Balaban J connectivity index is 1.20. The molecule has 2 aromatic carbocycles. The van der Waals surface area contributed by atoms with Gasteiger partial charge in [-0.05, 0) is 87.0 Å². The van der Waals surface area contributed by atoms with Crippen LogP contribution in [0.1, 0.15) is 38.5 Å². The van der Waals surface area contributed by atoms with Crippen molar-refractivity contribution in [3.63, 3.8) is 0 Å². The maximum atomic E-state index is 13.3. The molecule has 3 fully saturated rings. The number of ether oxygens (including phenoxy) is 1. The molecule has 0 saturated carbocycles. The SMILES string of the molecule is COc1cccc(-c2ccc(S(=O)(=O)N[C@H]3CCCN(CC(=O)N4CCC[C@H]4CN4CCCC4)C3=O)cc2)c1. The van der Waals surface area contributed by atoms with Gasteiger partial charge in [0, 0.05) is 25.7 Å². The van der Waals surface area contributed by atoms with Crippen molar-refractivity contribution < 1.29 is 22.7 Å². The number of nitrogens with one attached hydrogen (secondary N) is 1. The molecule has 2 atom stereocenters. The van der Waals surface area contributed by atoms with Gasteiger partial charge in [-0.25, -0.2) is 8.42 Å². The highest BCUT2D eigenvalue weighted by Gasteiger charge is 2.36. The van der Waals surface area contributed by atoms with Crippen molar-refractivity contribution in [1.29, 1.82) is 0 Å². The third-order valence-electron chi connectivity index (χ3n) is 8.09. The number of nitrogens with zero attached hydrogens (tertiary/aromatic N) is 3. The molecule has 2 aromatic rings. The Morgan fingerprint density at radius 3 is 2.44 bits per heavy atom. The number of carbonyl (C=O) groups excluding carboxylic acids is 2. The number of likely N-dealkylation sites (tertiary alicyclic amines) is 3. The number of hydrogen-bond acceptors (Lipinski definition) is 6. The molecule has 5 rings (SSSR count). The van der Waals surface area contributed by atoms with E-state index < -0.39 is 16.1 Å². The van der Waals surface area contributed by atoms with Crippen LogP contribution in [0.2, 0.25) is 0 Å². The van der Waals surface area contributed by atoms with Gasteiger partial charge in [-0.2, -0.15) is 4.72 Å². The standard InChI is InChI=1S/C29H38N4O5S/c1-38-25-9-4-7-23(19-25)22-11-13-26(14-12-22)39(36,37)30-27-10-6-17-32(29(27)35)21-28(34)33-18-5-8-24(33)20-31-15-2-3-16-31/h4,7,9,11-14,19,24,27,30H,2-3,5-6,8,10,15-18,20-21H2,1H3/t24-,27-/m0/s1.